The topological polar surface area (TPSA) is 85.6 Å². The molecule has 5 nitrogen and oxygen atoms in total. The quantitative estimate of drug-likeness (QED) is 0.595. The maximum absolute atomic E-state index is 9.99. The first-order valence-electron chi connectivity index (χ1n) is 6.50. The van der Waals surface area contributed by atoms with Crippen LogP contribution < -0.4 is 5.32 Å². The van der Waals surface area contributed by atoms with E-state index in [0.717, 1.165) is 6.54 Å². The Kier molecular flexibility index (Phi) is 5.72. The van der Waals surface area contributed by atoms with E-state index < -0.39 is 0 Å². The zero-order chi connectivity index (χ0) is 14.5. The van der Waals surface area contributed by atoms with E-state index in [1.54, 1.807) is 13.1 Å². The monoisotopic (exact) mass is 268 g/mol. The second kappa shape index (κ2) is 6.84. The van der Waals surface area contributed by atoms with Crippen LogP contribution in [0.25, 0.3) is 0 Å². The van der Waals surface area contributed by atoms with Gasteiger partial charge in [-0.2, -0.15) is 0 Å². The molecule has 0 spiro atoms. The van der Waals surface area contributed by atoms with E-state index >= 15 is 0 Å². The normalized spacial score (nSPS) is 11.8. The molecule has 0 aliphatic carbocycles. The Balaban J connectivity index is 2.70. The van der Waals surface area contributed by atoms with Crippen molar-refractivity contribution in [2.45, 2.75) is 40.3 Å². The number of hydrogen-bond acceptors (Lipinski definition) is 5. The van der Waals surface area contributed by atoms with Gasteiger partial charge in [-0.15, -0.1) is 0 Å². The summed E-state index contributed by atoms with van der Waals surface area (Å²) >= 11 is 0. The maximum Gasteiger partial charge on any atom is 0.141 e. The van der Waals surface area contributed by atoms with Crippen molar-refractivity contribution in [3.8, 4) is 5.75 Å². The van der Waals surface area contributed by atoms with Gasteiger partial charge in [0.2, 0.25) is 0 Å². The number of rotatable bonds is 7. The largest absolute Gasteiger partial charge is 0.506 e. The molecule has 0 aromatic carbocycles. The number of aromatic hydroxyl groups is 1. The molecule has 1 aromatic rings. The molecule has 5 heteroatoms. The number of aliphatic hydroxyl groups excluding tert-OH is 2. The highest BCUT2D eigenvalue weighted by molar-refractivity contribution is 5.40. The molecule has 0 aliphatic heterocycles. The van der Waals surface area contributed by atoms with Crippen molar-refractivity contribution < 1.29 is 15.3 Å². The first-order chi connectivity index (χ1) is 8.91. The first kappa shape index (κ1) is 15.9. The lowest BCUT2D eigenvalue weighted by atomic mass is 9.89. The summed E-state index contributed by atoms with van der Waals surface area (Å²) in [4.78, 5) is 4.03. The molecule has 0 saturated carbocycles. The van der Waals surface area contributed by atoms with Crippen molar-refractivity contribution in [3.05, 3.63) is 23.0 Å². The van der Waals surface area contributed by atoms with Gasteiger partial charge in [-0.05, 0) is 18.8 Å². The SMILES string of the molecule is Cc1ncc(CO)c(CNCC(C)(C)CCO)c1O. The average molecular weight is 268 g/mol. The lowest BCUT2D eigenvalue weighted by Gasteiger charge is -2.24. The van der Waals surface area contributed by atoms with Crippen molar-refractivity contribution in [1.29, 1.82) is 0 Å². The Labute approximate surface area is 114 Å². The third kappa shape index (κ3) is 4.45. The molecule has 1 aromatic heterocycles. The third-order valence-corrected chi connectivity index (χ3v) is 3.29. The van der Waals surface area contributed by atoms with Crippen LogP contribution >= 0.6 is 0 Å². The summed E-state index contributed by atoms with van der Waals surface area (Å²) in [6, 6.07) is 0. The molecule has 1 rings (SSSR count). The summed E-state index contributed by atoms with van der Waals surface area (Å²) in [6.45, 7) is 7.09. The summed E-state index contributed by atoms with van der Waals surface area (Å²) < 4.78 is 0. The van der Waals surface area contributed by atoms with Gasteiger partial charge in [-0.1, -0.05) is 13.8 Å². The van der Waals surface area contributed by atoms with Gasteiger partial charge in [-0.3, -0.25) is 4.98 Å². The molecule has 0 radical (unpaired) electrons. The Morgan fingerprint density at radius 2 is 2.00 bits per heavy atom. The molecule has 0 amide bonds. The van der Waals surface area contributed by atoms with Gasteiger partial charge in [0.15, 0.2) is 0 Å². The number of nitrogens with zero attached hydrogens (tertiary/aromatic N) is 1. The van der Waals surface area contributed by atoms with Crippen LogP contribution in [0.5, 0.6) is 5.75 Å². The van der Waals surface area contributed by atoms with Crippen LogP contribution in [0.2, 0.25) is 0 Å². The summed E-state index contributed by atoms with van der Waals surface area (Å²) in [7, 11) is 0. The van der Waals surface area contributed by atoms with Gasteiger partial charge < -0.3 is 20.6 Å². The molecular weight excluding hydrogens is 244 g/mol. The average Bonchev–Trinajstić information content (AvgIpc) is 2.34. The molecule has 0 unspecified atom stereocenters. The molecular formula is C14H24N2O3. The highest BCUT2D eigenvalue weighted by atomic mass is 16.3. The number of pyridine rings is 1. The molecule has 0 aliphatic rings. The van der Waals surface area contributed by atoms with Gasteiger partial charge in [0.05, 0.1) is 12.3 Å². The van der Waals surface area contributed by atoms with Crippen molar-refractivity contribution in [3.63, 3.8) is 0 Å². The van der Waals surface area contributed by atoms with Crippen LogP contribution in [0.15, 0.2) is 6.20 Å². The lowest BCUT2D eigenvalue weighted by molar-refractivity contribution is 0.206. The van der Waals surface area contributed by atoms with E-state index in [-0.39, 0.29) is 24.4 Å². The van der Waals surface area contributed by atoms with Crippen molar-refractivity contribution in [2.24, 2.45) is 5.41 Å². The molecule has 4 N–H and O–H groups in total. The number of hydrogen-bond donors (Lipinski definition) is 4. The second-order valence-electron chi connectivity index (χ2n) is 5.60. The highest BCUT2D eigenvalue weighted by Crippen LogP contribution is 2.24. The molecule has 0 saturated heterocycles. The van der Waals surface area contributed by atoms with Crippen LogP contribution in [0.4, 0.5) is 0 Å². The molecule has 108 valence electrons. The van der Waals surface area contributed by atoms with Crippen LogP contribution in [0, 0.1) is 12.3 Å². The lowest BCUT2D eigenvalue weighted by Crippen LogP contribution is -2.30. The molecule has 0 fully saturated rings. The van der Waals surface area contributed by atoms with Crippen LogP contribution in [0.1, 0.15) is 37.1 Å². The fourth-order valence-corrected chi connectivity index (χ4v) is 1.93. The number of aromatic nitrogens is 1. The van der Waals surface area contributed by atoms with Gasteiger partial charge in [0.1, 0.15) is 5.75 Å². The fourth-order valence-electron chi connectivity index (χ4n) is 1.93. The second-order valence-corrected chi connectivity index (χ2v) is 5.60. The standard InChI is InChI=1S/C14H24N2O3/c1-10-13(19)12(11(8-18)6-16-10)7-15-9-14(2,3)4-5-17/h6,15,17-19H,4-5,7-9H2,1-3H3. The predicted molar refractivity (Wildman–Crippen MR) is 73.8 cm³/mol. The first-order valence-corrected chi connectivity index (χ1v) is 6.50. The Hall–Kier alpha value is -1.17. The van der Waals surface area contributed by atoms with E-state index in [4.69, 9.17) is 5.11 Å². The Morgan fingerprint density at radius 1 is 1.32 bits per heavy atom. The molecule has 19 heavy (non-hydrogen) atoms. The minimum atomic E-state index is -0.141. The van der Waals surface area contributed by atoms with Gasteiger partial charge in [-0.25, -0.2) is 0 Å². The summed E-state index contributed by atoms with van der Waals surface area (Å²) in [5, 5.41) is 31.5. The van der Waals surface area contributed by atoms with E-state index in [0.29, 0.717) is 29.8 Å². The molecule has 1 heterocycles. The summed E-state index contributed by atoms with van der Waals surface area (Å²) in [5.41, 5.74) is 1.88. The van der Waals surface area contributed by atoms with Crippen molar-refractivity contribution in [1.82, 2.24) is 10.3 Å². The number of nitrogens with one attached hydrogen (secondary N) is 1. The van der Waals surface area contributed by atoms with E-state index in [2.05, 4.69) is 24.1 Å². The third-order valence-electron chi connectivity index (χ3n) is 3.29. The number of aryl methyl sites for hydroxylation is 1. The van der Waals surface area contributed by atoms with Gasteiger partial charge >= 0.3 is 0 Å². The minimum absolute atomic E-state index is 0.00811. The van der Waals surface area contributed by atoms with Crippen LogP contribution in [0.3, 0.4) is 0 Å². The maximum atomic E-state index is 9.99. The summed E-state index contributed by atoms with van der Waals surface area (Å²) in [6.07, 6.45) is 2.30. The summed E-state index contributed by atoms with van der Waals surface area (Å²) in [5.74, 6) is 0.138. The van der Waals surface area contributed by atoms with Crippen LogP contribution in [-0.4, -0.2) is 33.5 Å². The smallest absolute Gasteiger partial charge is 0.141 e. The zero-order valence-electron chi connectivity index (χ0n) is 11.9. The van der Waals surface area contributed by atoms with Crippen molar-refractivity contribution in [2.75, 3.05) is 13.2 Å². The van der Waals surface area contributed by atoms with E-state index in [1.165, 1.54) is 0 Å². The predicted octanol–water partition coefficient (Wildman–Crippen LogP) is 1.09. The molecule has 0 atom stereocenters. The fraction of sp³-hybridized carbons (Fsp3) is 0.643. The van der Waals surface area contributed by atoms with E-state index in [1.807, 2.05) is 0 Å². The number of aliphatic hydroxyl groups is 2. The zero-order valence-corrected chi connectivity index (χ0v) is 11.9. The highest BCUT2D eigenvalue weighted by Gasteiger charge is 2.17. The van der Waals surface area contributed by atoms with Gasteiger partial charge in [0.25, 0.3) is 0 Å². The van der Waals surface area contributed by atoms with E-state index in [9.17, 15) is 10.2 Å². The minimum Gasteiger partial charge on any atom is -0.506 e. The van der Waals surface area contributed by atoms with Gasteiger partial charge in [0, 0.05) is 37.0 Å². The van der Waals surface area contributed by atoms with Crippen molar-refractivity contribution >= 4 is 0 Å². The Morgan fingerprint density at radius 3 is 2.58 bits per heavy atom. The molecule has 0 bridgehead atoms. The van der Waals surface area contributed by atoms with Crippen LogP contribution in [-0.2, 0) is 13.2 Å². The Bertz CT molecular complexity index is 419.